The van der Waals surface area contributed by atoms with E-state index < -0.39 is 0 Å². The Kier molecular flexibility index (Phi) is 3.71. The maximum atomic E-state index is 12.7. The van der Waals surface area contributed by atoms with E-state index >= 15 is 0 Å². The van der Waals surface area contributed by atoms with E-state index in [0.29, 0.717) is 24.1 Å². The third-order valence-corrected chi connectivity index (χ3v) is 5.89. The molecule has 3 rings (SSSR count). The molecule has 3 heterocycles. The number of anilines is 1. The average Bonchev–Trinajstić information content (AvgIpc) is 2.99. The molecular weight excluding hydrogens is 304 g/mol. The van der Waals surface area contributed by atoms with Gasteiger partial charge in [0.15, 0.2) is 5.13 Å². The number of carbonyl (C=O) groups excluding carboxylic acids is 1. The van der Waals surface area contributed by atoms with Gasteiger partial charge in [0.2, 0.25) is 0 Å². The summed E-state index contributed by atoms with van der Waals surface area (Å²) in [7, 11) is 0. The number of nitrogen functional groups attached to an aromatic ring is 1. The number of aromatic nitrogens is 2. The van der Waals surface area contributed by atoms with Crippen molar-refractivity contribution < 1.29 is 4.79 Å². The number of hydrogen-bond acceptors (Lipinski definition) is 6. The molecule has 7 heteroatoms. The summed E-state index contributed by atoms with van der Waals surface area (Å²) in [6.07, 6.45) is 0.781. The summed E-state index contributed by atoms with van der Waals surface area (Å²) in [4.78, 5) is 25.3. The number of rotatable bonds is 2. The standard InChI is InChI=1S/C14H18N4OS2/c1-7(2)12-16-8(3)11(21-12)13(19)18-5-4-9-10(6-18)20-14(15)17-9/h7H,4-6H2,1-3H3,(H2,15,17). The first-order valence-corrected chi connectivity index (χ1v) is 8.59. The molecular formula is C14H18N4OS2. The summed E-state index contributed by atoms with van der Waals surface area (Å²) in [5, 5.41) is 1.61. The fourth-order valence-corrected chi connectivity index (χ4v) is 4.33. The average molecular weight is 322 g/mol. The van der Waals surface area contributed by atoms with Gasteiger partial charge in [-0.1, -0.05) is 13.8 Å². The van der Waals surface area contributed by atoms with Crippen molar-refractivity contribution in [1.82, 2.24) is 14.9 Å². The lowest BCUT2D eigenvalue weighted by molar-refractivity contribution is 0.0740. The van der Waals surface area contributed by atoms with Gasteiger partial charge in [0.05, 0.1) is 22.9 Å². The van der Waals surface area contributed by atoms with Crippen LogP contribution in [-0.2, 0) is 13.0 Å². The minimum atomic E-state index is 0.0783. The van der Waals surface area contributed by atoms with Crippen LogP contribution in [0, 0.1) is 6.92 Å². The van der Waals surface area contributed by atoms with Crippen LogP contribution in [0.3, 0.4) is 0 Å². The number of amides is 1. The topological polar surface area (TPSA) is 72.1 Å². The first kappa shape index (κ1) is 14.5. The molecule has 0 fully saturated rings. The van der Waals surface area contributed by atoms with Crippen molar-refractivity contribution in [2.45, 2.75) is 39.7 Å². The van der Waals surface area contributed by atoms with Gasteiger partial charge in [0.1, 0.15) is 4.88 Å². The van der Waals surface area contributed by atoms with E-state index in [1.165, 1.54) is 22.7 Å². The highest BCUT2D eigenvalue weighted by atomic mass is 32.1. The van der Waals surface area contributed by atoms with Crippen LogP contribution >= 0.6 is 22.7 Å². The quantitative estimate of drug-likeness (QED) is 0.923. The monoisotopic (exact) mass is 322 g/mol. The first-order chi connectivity index (χ1) is 9.95. The summed E-state index contributed by atoms with van der Waals surface area (Å²) in [6.45, 7) is 7.41. The smallest absolute Gasteiger partial charge is 0.266 e. The number of nitrogens with two attached hydrogens (primary N) is 1. The molecule has 112 valence electrons. The van der Waals surface area contributed by atoms with E-state index in [4.69, 9.17) is 5.73 Å². The first-order valence-electron chi connectivity index (χ1n) is 6.96. The molecule has 21 heavy (non-hydrogen) atoms. The molecule has 0 spiro atoms. The van der Waals surface area contributed by atoms with Crippen molar-refractivity contribution >= 4 is 33.7 Å². The highest BCUT2D eigenvalue weighted by molar-refractivity contribution is 7.15. The minimum Gasteiger partial charge on any atom is -0.375 e. The fraction of sp³-hybridized carbons (Fsp3) is 0.500. The summed E-state index contributed by atoms with van der Waals surface area (Å²) < 4.78 is 0. The molecule has 1 aliphatic heterocycles. The Morgan fingerprint density at radius 3 is 2.76 bits per heavy atom. The van der Waals surface area contributed by atoms with Crippen LogP contribution in [0.2, 0.25) is 0 Å². The number of thiazole rings is 2. The molecule has 5 nitrogen and oxygen atoms in total. The van der Waals surface area contributed by atoms with Gasteiger partial charge in [-0.25, -0.2) is 9.97 Å². The number of hydrogen-bond donors (Lipinski definition) is 1. The summed E-state index contributed by atoms with van der Waals surface area (Å²) >= 11 is 3.00. The molecule has 2 N–H and O–H groups in total. The van der Waals surface area contributed by atoms with Crippen molar-refractivity contribution in [3.63, 3.8) is 0 Å². The van der Waals surface area contributed by atoms with Crippen LogP contribution in [-0.4, -0.2) is 27.3 Å². The number of nitrogens with zero attached hydrogens (tertiary/aromatic N) is 3. The zero-order valence-corrected chi connectivity index (χ0v) is 14.0. The number of fused-ring (bicyclic) bond motifs is 1. The summed E-state index contributed by atoms with van der Waals surface area (Å²) in [6, 6.07) is 0. The predicted molar refractivity (Wildman–Crippen MR) is 85.9 cm³/mol. The van der Waals surface area contributed by atoms with Crippen LogP contribution < -0.4 is 5.73 Å². The molecule has 1 amide bonds. The lowest BCUT2D eigenvalue weighted by Crippen LogP contribution is -2.35. The van der Waals surface area contributed by atoms with E-state index in [0.717, 1.165) is 32.6 Å². The maximum absolute atomic E-state index is 12.7. The van der Waals surface area contributed by atoms with Gasteiger partial charge in [-0.15, -0.1) is 22.7 Å². The highest BCUT2D eigenvalue weighted by Gasteiger charge is 2.27. The van der Waals surface area contributed by atoms with E-state index in [9.17, 15) is 4.79 Å². The number of carbonyl (C=O) groups is 1. The third-order valence-electron chi connectivity index (χ3n) is 3.54. The predicted octanol–water partition coefficient (Wildman–Crippen LogP) is 2.81. The molecule has 0 unspecified atom stereocenters. The van der Waals surface area contributed by atoms with Crippen molar-refractivity contribution in [1.29, 1.82) is 0 Å². The van der Waals surface area contributed by atoms with Crippen LogP contribution in [0.15, 0.2) is 0 Å². The van der Waals surface area contributed by atoms with Gasteiger partial charge >= 0.3 is 0 Å². The maximum Gasteiger partial charge on any atom is 0.266 e. The lowest BCUT2D eigenvalue weighted by atomic mass is 10.1. The molecule has 2 aromatic heterocycles. The largest absolute Gasteiger partial charge is 0.375 e. The lowest BCUT2D eigenvalue weighted by Gasteiger charge is -2.25. The molecule has 1 aliphatic rings. The van der Waals surface area contributed by atoms with Crippen molar-refractivity contribution in [3.8, 4) is 0 Å². The van der Waals surface area contributed by atoms with Crippen LogP contribution in [0.4, 0.5) is 5.13 Å². The van der Waals surface area contributed by atoms with E-state index in [2.05, 4.69) is 23.8 Å². The van der Waals surface area contributed by atoms with Gasteiger partial charge in [-0.05, 0) is 6.92 Å². The van der Waals surface area contributed by atoms with Gasteiger partial charge < -0.3 is 10.6 Å². The summed E-state index contributed by atoms with van der Waals surface area (Å²) in [5.74, 6) is 0.430. The fourth-order valence-electron chi connectivity index (χ4n) is 2.40. The second kappa shape index (κ2) is 5.38. The van der Waals surface area contributed by atoms with Crippen molar-refractivity contribution in [2.24, 2.45) is 0 Å². The molecule has 0 saturated carbocycles. The molecule has 0 radical (unpaired) electrons. The van der Waals surface area contributed by atoms with E-state index in [-0.39, 0.29) is 5.91 Å². The molecule has 0 bridgehead atoms. The molecule has 0 atom stereocenters. The molecule has 2 aromatic rings. The third kappa shape index (κ3) is 2.67. The van der Waals surface area contributed by atoms with E-state index in [1.54, 1.807) is 0 Å². The van der Waals surface area contributed by atoms with Crippen molar-refractivity contribution in [2.75, 3.05) is 12.3 Å². The number of aryl methyl sites for hydroxylation is 1. The Balaban J connectivity index is 1.83. The van der Waals surface area contributed by atoms with Crippen LogP contribution in [0.5, 0.6) is 0 Å². The second-order valence-corrected chi connectivity index (χ2v) is 7.67. The Morgan fingerprint density at radius 1 is 1.33 bits per heavy atom. The van der Waals surface area contributed by atoms with Gasteiger partial charge in [-0.3, -0.25) is 4.79 Å². The van der Waals surface area contributed by atoms with Gasteiger partial charge in [0.25, 0.3) is 5.91 Å². The SMILES string of the molecule is Cc1nc(C(C)C)sc1C(=O)N1CCc2nc(N)sc2C1. The zero-order chi connectivity index (χ0) is 15.1. The van der Waals surface area contributed by atoms with Crippen molar-refractivity contribution in [3.05, 3.63) is 26.1 Å². The van der Waals surface area contributed by atoms with Crippen LogP contribution in [0.25, 0.3) is 0 Å². The highest BCUT2D eigenvalue weighted by Crippen LogP contribution is 2.30. The Morgan fingerprint density at radius 2 is 2.10 bits per heavy atom. The summed E-state index contributed by atoms with van der Waals surface area (Å²) in [5.41, 5.74) is 7.63. The zero-order valence-electron chi connectivity index (χ0n) is 12.3. The second-order valence-electron chi connectivity index (χ2n) is 5.52. The Bertz CT molecular complexity index is 689. The Labute approximate surface area is 131 Å². The minimum absolute atomic E-state index is 0.0783. The van der Waals surface area contributed by atoms with Gasteiger partial charge in [-0.2, -0.15) is 0 Å². The molecule has 0 aliphatic carbocycles. The van der Waals surface area contributed by atoms with Gasteiger partial charge in [0, 0.05) is 23.8 Å². The van der Waals surface area contributed by atoms with Crippen LogP contribution in [0.1, 0.15) is 50.7 Å². The van der Waals surface area contributed by atoms with E-state index in [1.807, 2.05) is 11.8 Å². The normalized spacial score (nSPS) is 14.6. The molecule has 0 saturated heterocycles. The Hall–Kier alpha value is -1.47. The molecule has 0 aromatic carbocycles.